The highest BCUT2D eigenvalue weighted by Gasteiger charge is 2.12. The number of imidazole rings is 1. The zero-order valence-electron chi connectivity index (χ0n) is 10.5. The molecule has 1 aromatic carbocycles. The van der Waals surface area contributed by atoms with E-state index >= 15 is 0 Å². The van der Waals surface area contributed by atoms with Gasteiger partial charge >= 0.3 is 0 Å². The van der Waals surface area contributed by atoms with Crippen LogP contribution >= 0.6 is 0 Å². The molecule has 3 rings (SSSR count). The normalized spacial score (nSPS) is 11.3. The quantitative estimate of drug-likeness (QED) is 0.680. The second-order valence-corrected chi connectivity index (χ2v) is 4.63. The Hall–Kier alpha value is -2.16. The lowest BCUT2D eigenvalue weighted by atomic mass is 10.1. The van der Waals surface area contributed by atoms with E-state index in [1.807, 2.05) is 36.8 Å². The SMILES string of the molecule is CC(C)n1ccnc1-c1nccc2ccccc12. The molecule has 3 aromatic rings. The predicted molar refractivity (Wildman–Crippen MR) is 73.3 cm³/mol. The minimum atomic E-state index is 0.378. The Morgan fingerprint density at radius 1 is 1.00 bits per heavy atom. The van der Waals surface area contributed by atoms with Crippen LogP contribution in [-0.2, 0) is 0 Å². The van der Waals surface area contributed by atoms with Crippen molar-refractivity contribution >= 4 is 10.8 Å². The number of pyridine rings is 1. The van der Waals surface area contributed by atoms with Crippen LogP contribution in [0.25, 0.3) is 22.3 Å². The Bertz CT molecular complexity index is 678. The van der Waals surface area contributed by atoms with Gasteiger partial charge in [0, 0.05) is 30.0 Å². The van der Waals surface area contributed by atoms with Crippen LogP contribution in [0.5, 0.6) is 0 Å². The van der Waals surface area contributed by atoms with Crippen LogP contribution in [0.15, 0.2) is 48.9 Å². The molecule has 0 aliphatic heterocycles. The number of benzene rings is 1. The summed E-state index contributed by atoms with van der Waals surface area (Å²) in [6, 6.07) is 10.7. The molecule has 0 N–H and O–H groups in total. The highest BCUT2D eigenvalue weighted by molar-refractivity contribution is 5.92. The van der Waals surface area contributed by atoms with Crippen LogP contribution in [-0.4, -0.2) is 14.5 Å². The molecule has 0 atom stereocenters. The van der Waals surface area contributed by atoms with Crippen molar-refractivity contribution in [2.45, 2.75) is 19.9 Å². The Balaban J connectivity index is 2.28. The smallest absolute Gasteiger partial charge is 0.159 e. The molecular formula is C15H15N3. The number of rotatable bonds is 2. The van der Waals surface area contributed by atoms with Gasteiger partial charge in [-0.05, 0) is 25.3 Å². The second kappa shape index (κ2) is 4.26. The summed E-state index contributed by atoms with van der Waals surface area (Å²) in [5.41, 5.74) is 0.951. The first-order valence-corrected chi connectivity index (χ1v) is 6.14. The average Bonchev–Trinajstić information content (AvgIpc) is 2.87. The maximum absolute atomic E-state index is 4.51. The molecule has 0 aliphatic rings. The molecule has 0 amide bonds. The lowest BCUT2D eigenvalue weighted by molar-refractivity contribution is 0.606. The van der Waals surface area contributed by atoms with Crippen molar-refractivity contribution in [1.29, 1.82) is 0 Å². The minimum Gasteiger partial charge on any atom is -0.327 e. The monoisotopic (exact) mass is 237 g/mol. The van der Waals surface area contributed by atoms with Gasteiger partial charge in [0.2, 0.25) is 0 Å². The molecule has 3 heteroatoms. The summed E-state index contributed by atoms with van der Waals surface area (Å²) in [5.74, 6) is 0.932. The van der Waals surface area contributed by atoms with E-state index in [9.17, 15) is 0 Å². The van der Waals surface area contributed by atoms with E-state index in [1.54, 1.807) is 0 Å². The summed E-state index contributed by atoms with van der Waals surface area (Å²) in [5, 5.41) is 2.34. The van der Waals surface area contributed by atoms with E-state index in [0.717, 1.165) is 16.9 Å². The van der Waals surface area contributed by atoms with Gasteiger partial charge in [-0.1, -0.05) is 24.3 Å². The summed E-state index contributed by atoms with van der Waals surface area (Å²) in [6.07, 6.45) is 5.68. The zero-order chi connectivity index (χ0) is 12.5. The summed E-state index contributed by atoms with van der Waals surface area (Å²) < 4.78 is 2.15. The first-order chi connectivity index (χ1) is 8.77. The van der Waals surface area contributed by atoms with Crippen LogP contribution in [0.4, 0.5) is 0 Å². The van der Waals surface area contributed by atoms with E-state index in [4.69, 9.17) is 0 Å². The fourth-order valence-electron chi connectivity index (χ4n) is 2.21. The number of aromatic nitrogens is 3. The molecule has 0 saturated carbocycles. The first-order valence-electron chi connectivity index (χ1n) is 6.14. The van der Waals surface area contributed by atoms with Crippen LogP contribution in [0.2, 0.25) is 0 Å². The van der Waals surface area contributed by atoms with Crippen LogP contribution in [0.3, 0.4) is 0 Å². The Labute approximate surface area is 106 Å². The standard InChI is InChI=1S/C15H15N3/c1-11(2)18-10-9-17-15(18)14-13-6-4-3-5-12(13)7-8-16-14/h3-11H,1-2H3. The van der Waals surface area contributed by atoms with E-state index in [0.29, 0.717) is 6.04 Å². The highest BCUT2D eigenvalue weighted by atomic mass is 15.1. The van der Waals surface area contributed by atoms with Gasteiger partial charge in [0.25, 0.3) is 0 Å². The fraction of sp³-hybridized carbons (Fsp3) is 0.200. The van der Waals surface area contributed by atoms with E-state index < -0.39 is 0 Å². The Kier molecular flexibility index (Phi) is 2.59. The van der Waals surface area contributed by atoms with Gasteiger partial charge in [0.05, 0.1) is 0 Å². The summed E-state index contributed by atoms with van der Waals surface area (Å²) >= 11 is 0. The van der Waals surface area contributed by atoms with E-state index in [-0.39, 0.29) is 0 Å². The molecule has 90 valence electrons. The minimum absolute atomic E-state index is 0.378. The van der Waals surface area contributed by atoms with E-state index in [2.05, 4.69) is 40.5 Å². The third kappa shape index (κ3) is 1.68. The molecule has 2 heterocycles. The van der Waals surface area contributed by atoms with Crippen molar-refractivity contribution in [3.8, 4) is 11.5 Å². The third-order valence-electron chi connectivity index (χ3n) is 3.11. The molecule has 3 nitrogen and oxygen atoms in total. The summed E-state index contributed by atoms with van der Waals surface area (Å²) in [4.78, 5) is 8.97. The van der Waals surface area contributed by atoms with Crippen molar-refractivity contribution in [3.05, 3.63) is 48.9 Å². The van der Waals surface area contributed by atoms with Crippen LogP contribution < -0.4 is 0 Å². The average molecular weight is 237 g/mol. The molecule has 0 spiro atoms. The second-order valence-electron chi connectivity index (χ2n) is 4.63. The molecular weight excluding hydrogens is 222 g/mol. The van der Waals surface area contributed by atoms with Gasteiger partial charge < -0.3 is 4.57 Å². The molecule has 2 aromatic heterocycles. The largest absolute Gasteiger partial charge is 0.327 e. The Morgan fingerprint density at radius 3 is 2.67 bits per heavy atom. The lowest BCUT2D eigenvalue weighted by Crippen LogP contribution is -2.03. The molecule has 0 saturated heterocycles. The topological polar surface area (TPSA) is 30.7 Å². The van der Waals surface area contributed by atoms with E-state index in [1.165, 1.54) is 5.39 Å². The summed E-state index contributed by atoms with van der Waals surface area (Å²) in [6.45, 7) is 4.30. The van der Waals surface area contributed by atoms with Crippen molar-refractivity contribution in [1.82, 2.24) is 14.5 Å². The number of hydrogen-bond acceptors (Lipinski definition) is 2. The highest BCUT2D eigenvalue weighted by Crippen LogP contribution is 2.26. The number of fused-ring (bicyclic) bond motifs is 1. The van der Waals surface area contributed by atoms with Gasteiger partial charge in [-0.15, -0.1) is 0 Å². The first kappa shape index (κ1) is 11.0. The maximum atomic E-state index is 4.51. The molecule has 0 unspecified atom stereocenters. The van der Waals surface area contributed by atoms with Gasteiger partial charge in [-0.25, -0.2) is 4.98 Å². The zero-order valence-corrected chi connectivity index (χ0v) is 10.5. The van der Waals surface area contributed by atoms with Gasteiger partial charge in [-0.2, -0.15) is 0 Å². The molecule has 0 radical (unpaired) electrons. The van der Waals surface area contributed by atoms with Crippen LogP contribution in [0.1, 0.15) is 19.9 Å². The summed E-state index contributed by atoms with van der Waals surface area (Å²) in [7, 11) is 0. The predicted octanol–water partition coefficient (Wildman–Crippen LogP) is 3.68. The van der Waals surface area contributed by atoms with Gasteiger partial charge in [0.1, 0.15) is 5.69 Å². The van der Waals surface area contributed by atoms with Crippen molar-refractivity contribution < 1.29 is 0 Å². The van der Waals surface area contributed by atoms with Crippen molar-refractivity contribution in [3.63, 3.8) is 0 Å². The molecule has 0 bridgehead atoms. The fourth-order valence-corrected chi connectivity index (χ4v) is 2.21. The third-order valence-corrected chi connectivity index (χ3v) is 3.11. The number of nitrogens with zero attached hydrogens (tertiary/aromatic N) is 3. The molecule has 18 heavy (non-hydrogen) atoms. The molecule has 0 aliphatic carbocycles. The van der Waals surface area contributed by atoms with Gasteiger partial charge in [0.15, 0.2) is 5.82 Å². The van der Waals surface area contributed by atoms with Crippen molar-refractivity contribution in [2.24, 2.45) is 0 Å². The lowest BCUT2D eigenvalue weighted by Gasteiger charge is -2.12. The number of hydrogen-bond donors (Lipinski definition) is 0. The maximum Gasteiger partial charge on any atom is 0.159 e. The van der Waals surface area contributed by atoms with Gasteiger partial charge in [-0.3, -0.25) is 4.98 Å². The molecule has 0 fully saturated rings. The van der Waals surface area contributed by atoms with Crippen molar-refractivity contribution in [2.75, 3.05) is 0 Å². The Morgan fingerprint density at radius 2 is 1.83 bits per heavy atom. The van der Waals surface area contributed by atoms with Crippen LogP contribution in [0, 0.1) is 0 Å².